The van der Waals surface area contributed by atoms with Crippen molar-refractivity contribution in [2.75, 3.05) is 0 Å². The lowest BCUT2D eigenvalue weighted by Crippen LogP contribution is -2.05. The van der Waals surface area contributed by atoms with Gasteiger partial charge in [0.2, 0.25) is 17.4 Å². The van der Waals surface area contributed by atoms with Crippen LogP contribution in [0, 0.1) is 17.0 Å². The van der Waals surface area contributed by atoms with Crippen LogP contribution in [0.1, 0.15) is 23.7 Å². The highest BCUT2D eigenvalue weighted by molar-refractivity contribution is 7.13. The van der Waals surface area contributed by atoms with E-state index in [4.69, 9.17) is 4.52 Å². The first kappa shape index (κ1) is 15.2. The molecule has 0 bridgehead atoms. The fourth-order valence-corrected chi connectivity index (χ4v) is 2.69. The number of aromatic nitrogens is 4. The number of nitro groups is 1. The normalized spacial score (nSPS) is 11.3. The summed E-state index contributed by atoms with van der Waals surface area (Å²) in [6, 6.07) is 3.63. The van der Waals surface area contributed by atoms with Crippen molar-refractivity contribution in [1.82, 2.24) is 19.9 Å². The Labute approximate surface area is 131 Å². The predicted octanol–water partition coefficient (Wildman–Crippen LogP) is 3.20. The molecule has 3 heterocycles. The minimum atomic E-state index is -3.04. The second-order valence-electron chi connectivity index (χ2n) is 4.52. The molecule has 23 heavy (non-hydrogen) atoms. The fraction of sp³-hybridized carbons (Fsp3) is 0.250. The molecular weight excluding hydrogens is 332 g/mol. The smallest absolute Gasteiger partial charge is 0.319 e. The Morgan fingerprint density at radius 3 is 2.87 bits per heavy atom. The third-order valence-corrected chi connectivity index (χ3v) is 3.95. The lowest BCUT2D eigenvalue weighted by molar-refractivity contribution is -0.386. The van der Waals surface area contributed by atoms with Gasteiger partial charge in [0.1, 0.15) is 12.2 Å². The van der Waals surface area contributed by atoms with Crippen LogP contribution in [0.4, 0.5) is 14.5 Å². The SMILES string of the molecule is Cc1c([N+](=O)[O-])c(C(F)F)nn1Cc1nc(-c2cccs2)no1. The predicted molar refractivity (Wildman–Crippen MR) is 75.3 cm³/mol. The van der Waals surface area contributed by atoms with Crippen molar-refractivity contribution in [3.8, 4) is 10.7 Å². The summed E-state index contributed by atoms with van der Waals surface area (Å²) in [5, 5.41) is 20.2. The van der Waals surface area contributed by atoms with Crippen LogP contribution in [-0.4, -0.2) is 24.8 Å². The summed E-state index contributed by atoms with van der Waals surface area (Å²) < 4.78 is 31.9. The molecule has 0 spiro atoms. The maximum absolute atomic E-state index is 12.9. The molecule has 3 aromatic rings. The lowest BCUT2D eigenvalue weighted by atomic mass is 10.3. The van der Waals surface area contributed by atoms with Crippen molar-refractivity contribution < 1.29 is 18.2 Å². The monoisotopic (exact) mass is 341 g/mol. The topological polar surface area (TPSA) is 99.9 Å². The molecule has 120 valence electrons. The van der Waals surface area contributed by atoms with E-state index in [9.17, 15) is 18.9 Å². The van der Waals surface area contributed by atoms with Crippen LogP contribution in [0.5, 0.6) is 0 Å². The van der Waals surface area contributed by atoms with Crippen molar-refractivity contribution in [3.63, 3.8) is 0 Å². The zero-order chi connectivity index (χ0) is 16.6. The molecule has 0 radical (unpaired) electrons. The van der Waals surface area contributed by atoms with Gasteiger partial charge in [-0.05, 0) is 18.4 Å². The standard InChI is InChI=1S/C12H9F2N5O3S/c1-6-10(19(20)21)9(11(13)14)16-18(6)5-8-15-12(17-22-8)7-3-2-4-23-7/h2-4,11H,5H2,1H3. The summed E-state index contributed by atoms with van der Waals surface area (Å²) >= 11 is 1.42. The number of hydrogen-bond donors (Lipinski definition) is 0. The molecule has 0 N–H and O–H groups in total. The molecule has 0 unspecified atom stereocenters. The van der Waals surface area contributed by atoms with Crippen LogP contribution in [0.3, 0.4) is 0 Å². The maximum Gasteiger partial charge on any atom is 0.319 e. The van der Waals surface area contributed by atoms with Crippen molar-refractivity contribution >= 4 is 17.0 Å². The Kier molecular flexibility index (Phi) is 3.86. The first-order valence-corrected chi connectivity index (χ1v) is 7.21. The van der Waals surface area contributed by atoms with Gasteiger partial charge in [0.05, 0.1) is 9.80 Å². The van der Waals surface area contributed by atoms with Crippen LogP contribution in [0.2, 0.25) is 0 Å². The highest BCUT2D eigenvalue weighted by Gasteiger charge is 2.31. The highest BCUT2D eigenvalue weighted by atomic mass is 32.1. The minimum absolute atomic E-state index is 0.00109. The molecule has 11 heteroatoms. The van der Waals surface area contributed by atoms with E-state index >= 15 is 0 Å². The van der Waals surface area contributed by atoms with Crippen molar-refractivity contribution in [2.24, 2.45) is 0 Å². The molecule has 0 aliphatic carbocycles. The quantitative estimate of drug-likeness (QED) is 0.522. The molecule has 0 aromatic carbocycles. The van der Waals surface area contributed by atoms with Crippen molar-refractivity contribution in [2.45, 2.75) is 19.9 Å². The second-order valence-corrected chi connectivity index (χ2v) is 5.47. The van der Waals surface area contributed by atoms with Gasteiger partial charge in [-0.3, -0.25) is 14.8 Å². The molecule has 8 nitrogen and oxygen atoms in total. The van der Waals surface area contributed by atoms with Crippen LogP contribution in [-0.2, 0) is 6.54 Å². The third kappa shape index (κ3) is 2.82. The average Bonchev–Trinajstić information content (AvgIpc) is 3.19. The summed E-state index contributed by atoms with van der Waals surface area (Å²) in [7, 11) is 0. The molecular formula is C12H9F2N5O3S. The first-order chi connectivity index (χ1) is 11.0. The Balaban J connectivity index is 1.92. The van der Waals surface area contributed by atoms with Crippen LogP contribution < -0.4 is 0 Å². The van der Waals surface area contributed by atoms with E-state index < -0.39 is 22.7 Å². The largest absolute Gasteiger partial charge is 0.337 e. The number of halogens is 2. The van der Waals surface area contributed by atoms with Crippen molar-refractivity contribution in [3.05, 3.63) is 44.9 Å². The van der Waals surface area contributed by atoms with Crippen LogP contribution >= 0.6 is 11.3 Å². The number of alkyl halides is 2. The van der Waals surface area contributed by atoms with Gasteiger partial charge >= 0.3 is 5.69 Å². The Hall–Kier alpha value is -2.69. The zero-order valence-electron chi connectivity index (χ0n) is 11.6. The molecule has 0 saturated carbocycles. The molecule has 0 aliphatic rings. The molecule has 0 saturated heterocycles. The van der Waals surface area contributed by atoms with Crippen LogP contribution in [0.15, 0.2) is 22.0 Å². The maximum atomic E-state index is 12.9. The van der Waals surface area contributed by atoms with E-state index in [-0.39, 0.29) is 18.1 Å². The van der Waals surface area contributed by atoms with Gasteiger partial charge < -0.3 is 4.52 Å². The Bertz CT molecular complexity index is 843. The summed E-state index contributed by atoms with van der Waals surface area (Å²) in [5.74, 6) is 0.484. The van der Waals surface area contributed by atoms with E-state index in [1.165, 1.54) is 18.3 Å². The van der Waals surface area contributed by atoms with E-state index in [0.29, 0.717) is 5.82 Å². The zero-order valence-corrected chi connectivity index (χ0v) is 12.5. The van der Waals surface area contributed by atoms with Gasteiger partial charge in [0.15, 0.2) is 0 Å². The molecule has 0 atom stereocenters. The van der Waals surface area contributed by atoms with Gasteiger partial charge in [0, 0.05) is 0 Å². The average molecular weight is 341 g/mol. The third-order valence-electron chi connectivity index (χ3n) is 3.08. The Morgan fingerprint density at radius 2 is 2.30 bits per heavy atom. The molecule has 0 aliphatic heterocycles. The Morgan fingerprint density at radius 1 is 1.52 bits per heavy atom. The van der Waals surface area contributed by atoms with E-state index in [1.54, 1.807) is 6.07 Å². The number of nitrogens with zero attached hydrogens (tertiary/aromatic N) is 5. The molecule has 3 aromatic heterocycles. The minimum Gasteiger partial charge on any atom is -0.337 e. The lowest BCUT2D eigenvalue weighted by Gasteiger charge is -1.97. The number of hydrogen-bond acceptors (Lipinski definition) is 7. The summed E-state index contributed by atoms with van der Waals surface area (Å²) in [6.07, 6.45) is -3.04. The van der Waals surface area contributed by atoms with E-state index in [2.05, 4.69) is 15.2 Å². The fourth-order valence-electron chi connectivity index (χ4n) is 2.04. The summed E-state index contributed by atoms with van der Waals surface area (Å²) in [6.45, 7) is 1.21. The van der Waals surface area contributed by atoms with Crippen LogP contribution in [0.25, 0.3) is 10.7 Å². The number of rotatable bonds is 5. The van der Waals surface area contributed by atoms with Gasteiger partial charge in [-0.25, -0.2) is 8.78 Å². The van der Waals surface area contributed by atoms with Crippen molar-refractivity contribution in [1.29, 1.82) is 0 Å². The van der Waals surface area contributed by atoms with Gasteiger partial charge in [-0.15, -0.1) is 11.3 Å². The van der Waals surface area contributed by atoms with E-state index in [0.717, 1.165) is 9.56 Å². The van der Waals surface area contributed by atoms with Gasteiger partial charge in [0.25, 0.3) is 6.43 Å². The number of thiophene rings is 1. The highest BCUT2D eigenvalue weighted by Crippen LogP contribution is 2.31. The molecule has 0 amide bonds. The molecule has 0 fully saturated rings. The van der Waals surface area contributed by atoms with E-state index in [1.807, 2.05) is 11.4 Å². The first-order valence-electron chi connectivity index (χ1n) is 6.33. The van der Waals surface area contributed by atoms with Gasteiger partial charge in [-0.1, -0.05) is 11.2 Å². The summed E-state index contributed by atoms with van der Waals surface area (Å²) in [4.78, 5) is 15.0. The second kappa shape index (κ2) is 5.83. The molecule has 3 rings (SSSR count). The van der Waals surface area contributed by atoms with Gasteiger partial charge in [-0.2, -0.15) is 10.1 Å². The summed E-state index contributed by atoms with van der Waals surface area (Å²) in [5.41, 5.74) is -1.57.